The van der Waals surface area contributed by atoms with E-state index in [-0.39, 0.29) is 12.4 Å². The van der Waals surface area contributed by atoms with Gasteiger partial charge in [-0.2, -0.15) is 0 Å². The number of hydrogen-bond acceptors (Lipinski definition) is 2. The molecule has 0 aromatic carbocycles. The molecule has 0 radical (unpaired) electrons. The molecule has 0 unspecified atom stereocenters. The van der Waals surface area contributed by atoms with Crippen molar-refractivity contribution >= 4 is 24.0 Å². The van der Waals surface area contributed by atoms with Crippen LogP contribution in [0.25, 0.3) is 0 Å². The quantitative estimate of drug-likeness (QED) is 0.605. The third-order valence-corrected chi connectivity index (χ3v) is 3.30. The van der Waals surface area contributed by atoms with Crippen LogP contribution in [0, 0.1) is 0 Å². The number of aromatic nitrogens is 1. The monoisotopic (exact) mass is 275 g/mol. The molecule has 1 aromatic rings. The largest absolute Gasteiger partial charge is 0.490 e. The molecule has 1 fully saturated rings. The third kappa shape index (κ3) is 4.72. The lowest BCUT2D eigenvalue weighted by Crippen LogP contribution is -2.15. The standard InChI is InChI=1S/C13H18ClNO.ClH/c14-10-11-9-13(7-8-15-11)16-12-5-3-1-2-4-6-12;/h7-9,12H,1-6,10H2;1H. The summed E-state index contributed by atoms with van der Waals surface area (Å²) in [5.41, 5.74) is 0.882. The molecule has 2 nitrogen and oxygen atoms in total. The second-order valence-corrected chi connectivity index (χ2v) is 4.62. The summed E-state index contributed by atoms with van der Waals surface area (Å²) < 4.78 is 5.98. The number of halogens is 2. The summed E-state index contributed by atoms with van der Waals surface area (Å²) in [6, 6.07) is 3.86. The molecule has 0 spiro atoms. The molecular formula is C13H19Cl2NO. The lowest BCUT2D eigenvalue weighted by Gasteiger charge is -2.17. The zero-order valence-electron chi connectivity index (χ0n) is 9.90. The fourth-order valence-electron chi connectivity index (χ4n) is 2.15. The van der Waals surface area contributed by atoms with E-state index in [1.54, 1.807) is 6.20 Å². The van der Waals surface area contributed by atoms with Crippen molar-refractivity contribution in [2.75, 3.05) is 0 Å². The number of nitrogens with zero attached hydrogens (tertiary/aromatic N) is 1. The molecule has 1 heterocycles. The molecule has 1 saturated carbocycles. The number of ether oxygens (including phenoxy) is 1. The van der Waals surface area contributed by atoms with E-state index in [0.717, 1.165) is 11.4 Å². The van der Waals surface area contributed by atoms with Crippen LogP contribution in [0.5, 0.6) is 5.75 Å². The molecular weight excluding hydrogens is 257 g/mol. The molecule has 96 valence electrons. The van der Waals surface area contributed by atoms with Gasteiger partial charge in [0.1, 0.15) is 5.75 Å². The number of rotatable bonds is 3. The average Bonchev–Trinajstić information content (AvgIpc) is 2.58. The topological polar surface area (TPSA) is 22.1 Å². The predicted molar refractivity (Wildman–Crippen MR) is 73.2 cm³/mol. The molecule has 0 atom stereocenters. The molecule has 1 aromatic heterocycles. The van der Waals surface area contributed by atoms with Gasteiger partial charge in [0, 0.05) is 12.3 Å². The van der Waals surface area contributed by atoms with Crippen LogP contribution in [-0.4, -0.2) is 11.1 Å². The molecule has 4 heteroatoms. The smallest absolute Gasteiger partial charge is 0.123 e. The maximum absolute atomic E-state index is 5.98. The Morgan fingerprint density at radius 2 is 1.94 bits per heavy atom. The van der Waals surface area contributed by atoms with E-state index in [9.17, 15) is 0 Å². The van der Waals surface area contributed by atoms with Gasteiger partial charge in [-0.25, -0.2) is 0 Å². The zero-order chi connectivity index (χ0) is 11.2. The number of alkyl halides is 1. The van der Waals surface area contributed by atoms with Gasteiger partial charge in [-0.15, -0.1) is 24.0 Å². The van der Waals surface area contributed by atoms with Crippen molar-refractivity contribution in [3.63, 3.8) is 0 Å². The van der Waals surface area contributed by atoms with E-state index in [1.807, 2.05) is 12.1 Å². The van der Waals surface area contributed by atoms with Gasteiger partial charge in [0.15, 0.2) is 0 Å². The van der Waals surface area contributed by atoms with Crippen LogP contribution in [0.1, 0.15) is 44.2 Å². The average molecular weight is 276 g/mol. The van der Waals surface area contributed by atoms with E-state index in [1.165, 1.54) is 38.5 Å². The molecule has 17 heavy (non-hydrogen) atoms. The Morgan fingerprint density at radius 3 is 2.59 bits per heavy atom. The van der Waals surface area contributed by atoms with Crippen molar-refractivity contribution in [1.29, 1.82) is 0 Å². The van der Waals surface area contributed by atoms with E-state index >= 15 is 0 Å². The molecule has 0 N–H and O–H groups in total. The predicted octanol–water partition coefficient (Wildman–Crippen LogP) is 4.34. The van der Waals surface area contributed by atoms with Crippen molar-refractivity contribution in [3.05, 3.63) is 24.0 Å². The van der Waals surface area contributed by atoms with Gasteiger partial charge in [-0.3, -0.25) is 4.98 Å². The summed E-state index contributed by atoms with van der Waals surface area (Å²) in [6.07, 6.45) is 9.79. The van der Waals surface area contributed by atoms with Crippen molar-refractivity contribution in [2.24, 2.45) is 0 Å². The second kappa shape index (κ2) is 7.78. The van der Waals surface area contributed by atoms with Crippen LogP contribution in [-0.2, 0) is 5.88 Å². The summed E-state index contributed by atoms with van der Waals surface area (Å²) in [4.78, 5) is 4.16. The molecule has 2 rings (SSSR count). The normalized spacial score (nSPS) is 17.0. The van der Waals surface area contributed by atoms with Crippen LogP contribution in [0.4, 0.5) is 0 Å². The Labute approximate surface area is 114 Å². The van der Waals surface area contributed by atoms with Crippen LogP contribution >= 0.6 is 24.0 Å². The summed E-state index contributed by atoms with van der Waals surface area (Å²) in [5.74, 6) is 1.36. The highest BCUT2D eigenvalue weighted by atomic mass is 35.5. The minimum absolute atomic E-state index is 0. The minimum Gasteiger partial charge on any atom is -0.490 e. The van der Waals surface area contributed by atoms with Gasteiger partial charge < -0.3 is 4.74 Å². The maximum Gasteiger partial charge on any atom is 0.123 e. The van der Waals surface area contributed by atoms with Gasteiger partial charge in [0.25, 0.3) is 0 Å². The molecule has 0 aliphatic heterocycles. The van der Waals surface area contributed by atoms with E-state index in [0.29, 0.717) is 12.0 Å². The van der Waals surface area contributed by atoms with E-state index in [4.69, 9.17) is 16.3 Å². The molecule has 0 amide bonds. The van der Waals surface area contributed by atoms with Crippen molar-refractivity contribution in [1.82, 2.24) is 4.98 Å². The Hall–Kier alpha value is -0.470. The van der Waals surface area contributed by atoms with Gasteiger partial charge in [-0.1, -0.05) is 12.8 Å². The van der Waals surface area contributed by atoms with Crippen molar-refractivity contribution in [2.45, 2.75) is 50.5 Å². The Kier molecular flexibility index (Phi) is 6.68. The summed E-state index contributed by atoms with van der Waals surface area (Å²) in [6.45, 7) is 0. The summed E-state index contributed by atoms with van der Waals surface area (Å²) in [7, 11) is 0. The molecule has 0 bridgehead atoms. The summed E-state index contributed by atoms with van der Waals surface area (Å²) >= 11 is 5.75. The van der Waals surface area contributed by atoms with Crippen molar-refractivity contribution < 1.29 is 4.74 Å². The van der Waals surface area contributed by atoms with Crippen LogP contribution in [0.3, 0.4) is 0 Å². The van der Waals surface area contributed by atoms with Gasteiger partial charge >= 0.3 is 0 Å². The zero-order valence-corrected chi connectivity index (χ0v) is 11.5. The first-order valence-corrected chi connectivity index (χ1v) is 6.59. The van der Waals surface area contributed by atoms with E-state index < -0.39 is 0 Å². The first kappa shape index (κ1) is 14.6. The molecule has 0 saturated heterocycles. The Morgan fingerprint density at radius 1 is 1.24 bits per heavy atom. The number of pyridine rings is 1. The second-order valence-electron chi connectivity index (χ2n) is 4.35. The van der Waals surface area contributed by atoms with Gasteiger partial charge in [-0.05, 0) is 31.7 Å². The molecule has 1 aliphatic rings. The Balaban J connectivity index is 0.00000144. The number of hydrogen-bond donors (Lipinski definition) is 0. The van der Waals surface area contributed by atoms with Gasteiger partial charge in [0.05, 0.1) is 17.7 Å². The first-order valence-electron chi connectivity index (χ1n) is 6.06. The minimum atomic E-state index is 0. The fraction of sp³-hybridized carbons (Fsp3) is 0.615. The summed E-state index contributed by atoms with van der Waals surface area (Å²) in [5, 5.41) is 0. The lowest BCUT2D eigenvalue weighted by molar-refractivity contribution is 0.183. The molecule has 1 aliphatic carbocycles. The van der Waals surface area contributed by atoms with Crippen LogP contribution in [0.2, 0.25) is 0 Å². The third-order valence-electron chi connectivity index (χ3n) is 3.03. The highest BCUT2D eigenvalue weighted by molar-refractivity contribution is 6.16. The fourth-order valence-corrected chi connectivity index (χ4v) is 2.30. The Bertz CT molecular complexity index is 325. The van der Waals surface area contributed by atoms with Gasteiger partial charge in [0.2, 0.25) is 0 Å². The van der Waals surface area contributed by atoms with E-state index in [2.05, 4.69) is 4.98 Å². The maximum atomic E-state index is 5.98. The highest BCUT2D eigenvalue weighted by Gasteiger charge is 2.13. The van der Waals surface area contributed by atoms with Crippen LogP contribution < -0.4 is 4.74 Å². The lowest BCUT2D eigenvalue weighted by atomic mass is 10.1. The SMILES string of the molecule is Cl.ClCc1cc(OC2CCCCCC2)ccn1. The first-order chi connectivity index (χ1) is 7.88. The van der Waals surface area contributed by atoms with Crippen molar-refractivity contribution in [3.8, 4) is 5.75 Å². The van der Waals surface area contributed by atoms with Crippen LogP contribution in [0.15, 0.2) is 18.3 Å². The highest BCUT2D eigenvalue weighted by Crippen LogP contribution is 2.23.